The lowest BCUT2D eigenvalue weighted by molar-refractivity contribution is 0.122. The first-order valence-electron chi connectivity index (χ1n) is 8.61. The highest BCUT2D eigenvalue weighted by Gasteiger charge is 2.15. The first-order chi connectivity index (χ1) is 12.2. The van der Waals surface area contributed by atoms with Crippen molar-refractivity contribution in [1.82, 2.24) is 20.1 Å². The summed E-state index contributed by atoms with van der Waals surface area (Å²) >= 11 is 0. The van der Waals surface area contributed by atoms with E-state index >= 15 is 0 Å². The molecule has 0 spiro atoms. The minimum absolute atomic E-state index is 0.755. The normalized spacial score (nSPS) is 15.2. The van der Waals surface area contributed by atoms with Crippen LogP contribution in [0, 0.1) is 0 Å². The number of H-pyrrole nitrogens is 1. The van der Waals surface area contributed by atoms with Crippen LogP contribution in [0.3, 0.4) is 0 Å². The Balaban J connectivity index is 1.71. The lowest BCUT2D eigenvalue weighted by Gasteiger charge is -2.27. The molecule has 130 valence electrons. The van der Waals surface area contributed by atoms with Crippen molar-refractivity contribution in [2.24, 2.45) is 0 Å². The molecular weight excluding hydrogens is 314 g/mol. The summed E-state index contributed by atoms with van der Waals surface area (Å²) in [7, 11) is 4.16. The van der Waals surface area contributed by atoms with Gasteiger partial charge in [-0.2, -0.15) is 5.10 Å². The first-order valence-corrected chi connectivity index (χ1v) is 8.61. The van der Waals surface area contributed by atoms with Crippen LogP contribution in [0.5, 0.6) is 0 Å². The molecule has 1 fully saturated rings. The minimum atomic E-state index is 0.755. The van der Waals surface area contributed by atoms with E-state index in [2.05, 4.69) is 63.3 Å². The lowest BCUT2D eigenvalue weighted by atomic mass is 10.1. The first kappa shape index (κ1) is 16.1. The molecule has 0 bridgehead atoms. The molecule has 1 saturated heterocycles. The van der Waals surface area contributed by atoms with Crippen molar-refractivity contribution in [3.8, 4) is 11.3 Å². The number of fused-ring (bicyclic) bond motifs is 1. The number of morpholine rings is 1. The Morgan fingerprint density at radius 2 is 2.00 bits per heavy atom. The molecule has 1 aliphatic heterocycles. The van der Waals surface area contributed by atoms with Crippen LogP contribution in [0.1, 0.15) is 5.56 Å². The summed E-state index contributed by atoms with van der Waals surface area (Å²) in [5, 5.41) is 8.86. The topological polar surface area (TPSA) is 57.3 Å². The predicted molar refractivity (Wildman–Crippen MR) is 99.7 cm³/mol. The third kappa shape index (κ3) is 3.36. The maximum atomic E-state index is 5.44. The van der Waals surface area contributed by atoms with E-state index in [1.807, 2.05) is 12.3 Å². The molecule has 6 heteroatoms. The van der Waals surface area contributed by atoms with Crippen molar-refractivity contribution in [3.63, 3.8) is 0 Å². The van der Waals surface area contributed by atoms with Crippen LogP contribution in [0.2, 0.25) is 0 Å². The summed E-state index contributed by atoms with van der Waals surface area (Å²) < 4.78 is 5.44. The molecular formula is C19H23N5O. The smallest absolute Gasteiger partial charge is 0.129 e. The Kier molecular flexibility index (Phi) is 4.38. The number of anilines is 1. The second kappa shape index (κ2) is 6.82. The van der Waals surface area contributed by atoms with E-state index in [-0.39, 0.29) is 0 Å². The van der Waals surface area contributed by atoms with Gasteiger partial charge in [-0.15, -0.1) is 0 Å². The Hall–Kier alpha value is -2.44. The molecule has 0 unspecified atom stereocenters. The monoisotopic (exact) mass is 337 g/mol. The molecule has 4 rings (SSSR count). The van der Waals surface area contributed by atoms with E-state index in [4.69, 9.17) is 4.74 Å². The van der Waals surface area contributed by atoms with E-state index in [9.17, 15) is 0 Å². The average molecular weight is 337 g/mol. The van der Waals surface area contributed by atoms with Crippen LogP contribution in [0.15, 0.2) is 36.5 Å². The van der Waals surface area contributed by atoms with Crippen LogP contribution in [0.25, 0.3) is 22.2 Å². The van der Waals surface area contributed by atoms with E-state index in [1.165, 1.54) is 5.56 Å². The molecule has 25 heavy (non-hydrogen) atoms. The Labute approximate surface area is 147 Å². The van der Waals surface area contributed by atoms with E-state index in [0.717, 1.165) is 60.8 Å². The molecule has 6 nitrogen and oxygen atoms in total. The number of nitrogens with one attached hydrogen (secondary N) is 1. The summed E-state index contributed by atoms with van der Waals surface area (Å²) in [6, 6.07) is 10.6. The maximum Gasteiger partial charge on any atom is 0.129 e. The zero-order valence-electron chi connectivity index (χ0n) is 14.7. The standard InChI is InChI=1S/C19H23N5O/c1-23(2)13-14-3-4-17-16(11-14)19(22-21-17)15-5-6-20-18(12-15)24-7-9-25-10-8-24/h3-6,11-12H,7-10,13H2,1-2H3,(H,21,22). The molecule has 1 aliphatic rings. The van der Waals surface area contributed by atoms with Gasteiger partial charge in [-0.1, -0.05) is 6.07 Å². The van der Waals surface area contributed by atoms with Crippen LogP contribution >= 0.6 is 0 Å². The number of aromatic nitrogens is 3. The van der Waals surface area contributed by atoms with Crippen LogP contribution in [-0.2, 0) is 11.3 Å². The number of pyridine rings is 1. The van der Waals surface area contributed by atoms with Crippen molar-refractivity contribution in [2.45, 2.75) is 6.54 Å². The summed E-state index contributed by atoms with van der Waals surface area (Å²) in [4.78, 5) is 8.97. The Morgan fingerprint density at radius 1 is 1.16 bits per heavy atom. The molecule has 2 aromatic heterocycles. The second-order valence-corrected chi connectivity index (χ2v) is 6.69. The molecule has 0 amide bonds. The number of nitrogens with zero attached hydrogens (tertiary/aromatic N) is 4. The predicted octanol–water partition coefficient (Wildman–Crippen LogP) is 2.52. The number of ether oxygens (including phenoxy) is 1. The summed E-state index contributed by atoms with van der Waals surface area (Å²) in [5.41, 5.74) is 4.40. The van der Waals surface area contributed by atoms with Crippen molar-refractivity contribution >= 4 is 16.7 Å². The zero-order chi connectivity index (χ0) is 17.2. The quantitative estimate of drug-likeness (QED) is 0.793. The number of rotatable bonds is 4. The van der Waals surface area contributed by atoms with Gasteiger partial charge in [0.2, 0.25) is 0 Å². The van der Waals surface area contributed by atoms with Crippen LogP contribution < -0.4 is 4.90 Å². The van der Waals surface area contributed by atoms with Gasteiger partial charge in [-0.3, -0.25) is 5.10 Å². The average Bonchev–Trinajstić information content (AvgIpc) is 3.05. The number of hydrogen-bond donors (Lipinski definition) is 1. The van der Waals surface area contributed by atoms with Crippen molar-refractivity contribution in [3.05, 3.63) is 42.1 Å². The van der Waals surface area contributed by atoms with E-state index < -0.39 is 0 Å². The fourth-order valence-corrected chi connectivity index (χ4v) is 3.28. The molecule has 0 saturated carbocycles. The molecule has 3 heterocycles. The highest BCUT2D eigenvalue weighted by Crippen LogP contribution is 2.29. The highest BCUT2D eigenvalue weighted by molar-refractivity contribution is 5.93. The van der Waals surface area contributed by atoms with Gasteiger partial charge in [-0.05, 0) is 43.9 Å². The van der Waals surface area contributed by atoms with Gasteiger partial charge < -0.3 is 14.5 Å². The van der Waals surface area contributed by atoms with Gasteiger partial charge in [0.25, 0.3) is 0 Å². The summed E-state index contributed by atoms with van der Waals surface area (Å²) in [5.74, 6) is 0.987. The lowest BCUT2D eigenvalue weighted by Crippen LogP contribution is -2.36. The second-order valence-electron chi connectivity index (χ2n) is 6.69. The van der Waals surface area contributed by atoms with E-state index in [0.29, 0.717) is 0 Å². The van der Waals surface area contributed by atoms with Gasteiger partial charge in [-0.25, -0.2) is 4.98 Å². The van der Waals surface area contributed by atoms with Crippen LogP contribution in [-0.4, -0.2) is 60.5 Å². The SMILES string of the molecule is CN(C)Cc1ccc2[nH]nc(-c3ccnc(N4CCOCC4)c3)c2c1. The van der Waals surface area contributed by atoms with Gasteiger partial charge in [0.1, 0.15) is 11.5 Å². The highest BCUT2D eigenvalue weighted by atomic mass is 16.5. The number of aromatic amines is 1. The fourth-order valence-electron chi connectivity index (χ4n) is 3.28. The zero-order valence-corrected chi connectivity index (χ0v) is 14.7. The third-order valence-electron chi connectivity index (χ3n) is 4.48. The Morgan fingerprint density at radius 3 is 2.80 bits per heavy atom. The molecule has 0 atom stereocenters. The van der Waals surface area contributed by atoms with Crippen LogP contribution in [0.4, 0.5) is 5.82 Å². The minimum Gasteiger partial charge on any atom is -0.378 e. The van der Waals surface area contributed by atoms with E-state index in [1.54, 1.807) is 0 Å². The third-order valence-corrected chi connectivity index (χ3v) is 4.48. The molecule has 0 radical (unpaired) electrons. The van der Waals surface area contributed by atoms with Crippen molar-refractivity contribution in [1.29, 1.82) is 0 Å². The largest absolute Gasteiger partial charge is 0.378 e. The molecule has 1 aromatic carbocycles. The van der Waals surface area contributed by atoms with Crippen molar-refractivity contribution in [2.75, 3.05) is 45.3 Å². The maximum absolute atomic E-state index is 5.44. The number of hydrogen-bond acceptors (Lipinski definition) is 5. The molecule has 0 aliphatic carbocycles. The van der Waals surface area contributed by atoms with Gasteiger partial charge >= 0.3 is 0 Å². The van der Waals surface area contributed by atoms with Crippen molar-refractivity contribution < 1.29 is 4.74 Å². The summed E-state index contributed by atoms with van der Waals surface area (Å²) in [6.07, 6.45) is 1.87. The number of benzene rings is 1. The molecule has 3 aromatic rings. The molecule has 1 N–H and O–H groups in total. The summed E-state index contributed by atoms with van der Waals surface area (Å²) in [6.45, 7) is 4.18. The van der Waals surface area contributed by atoms with Gasteiger partial charge in [0, 0.05) is 36.8 Å². The van der Waals surface area contributed by atoms with Gasteiger partial charge in [0.15, 0.2) is 0 Å². The van der Waals surface area contributed by atoms with Gasteiger partial charge in [0.05, 0.1) is 18.7 Å². The fraction of sp³-hybridized carbons (Fsp3) is 0.368. The Bertz CT molecular complexity index is 867.